The number of benzene rings is 2. The molecular formula is C20H24Cl3NO. The minimum absolute atomic E-state index is 0. The summed E-state index contributed by atoms with van der Waals surface area (Å²) in [6.45, 7) is 1.24. The Kier molecular flexibility index (Phi) is 8.38. The summed E-state index contributed by atoms with van der Waals surface area (Å²) in [5.74, 6) is 0.864. The van der Waals surface area contributed by atoms with Gasteiger partial charge in [-0.15, -0.1) is 12.4 Å². The van der Waals surface area contributed by atoms with Crippen LogP contribution in [0.2, 0.25) is 10.0 Å². The molecule has 136 valence electrons. The summed E-state index contributed by atoms with van der Waals surface area (Å²) in [5.41, 5.74) is 2.08. The van der Waals surface area contributed by atoms with Crippen molar-refractivity contribution in [2.75, 3.05) is 0 Å². The van der Waals surface area contributed by atoms with Gasteiger partial charge in [-0.05, 0) is 37.1 Å². The number of halogens is 3. The topological polar surface area (TPSA) is 21.3 Å². The van der Waals surface area contributed by atoms with Crippen molar-refractivity contribution in [1.29, 1.82) is 0 Å². The Bertz CT molecular complexity index is 672. The molecule has 0 aromatic heterocycles. The Hall–Kier alpha value is -0.930. The minimum Gasteiger partial charge on any atom is -0.489 e. The minimum atomic E-state index is 0. The van der Waals surface area contributed by atoms with E-state index in [1.165, 1.54) is 32.1 Å². The third-order valence-corrected chi connectivity index (χ3v) is 5.15. The average Bonchev–Trinajstić information content (AvgIpc) is 2.61. The van der Waals surface area contributed by atoms with E-state index in [1.807, 2.05) is 42.5 Å². The van der Waals surface area contributed by atoms with Crippen LogP contribution in [-0.2, 0) is 13.2 Å². The highest BCUT2D eigenvalue weighted by molar-refractivity contribution is 6.31. The molecule has 0 amide bonds. The van der Waals surface area contributed by atoms with Crippen molar-refractivity contribution < 1.29 is 4.74 Å². The fourth-order valence-corrected chi connectivity index (χ4v) is 3.54. The monoisotopic (exact) mass is 399 g/mol. The molecule has 1 saturated carbocycles. The van der Waals surface area contributed by atoms with Gasteiger partial charge in [0.15, 0.2) is 0 Å². The van der Waals surface area contributed by atoms with E-state index in [2.05, 4.69) is 5.32 Å². The van der Waals surface area contributed by atoms with Gasteiger partial charge in [-0.2, -0.15) is 0 Å². The van der Waals surface area contributed by atoms with Crippen LogP contribution in [0.1, 0.15) is 43.2 Å². The van der Waals surface area contributed by atoms with Crippen LogP contribution in [0.4, 0.5) is 0 Å². The predicted molar refractivity (Wildman–Crippen MR) is 108 cm³/mol. The van der Waals surface area contributed by atoms with E-state index in [0.717, 1.165) is 33.5 Å². The highest BCUT2D eigenvalue weighted by Crippen LogP contribution is 2.26. The number of hydrogen-bond acceptors (Lipinski definition) is 2. The molecular weight excluding hydrogens is 377 g/mol. The molecule has 3 rings (SSSR count). The van der Waals surface area contributed by atoms with Crippen molar-refractivity contribution in [2.45, 2.75) is 51.3 Å². The largest absolute Gasteiger partial charge is 0.489 e. The van der Waals surface area contributed by atoms with Gasteiger partial charge in [0.1, 0.15) is 12.4 Å². The van der Waals surface area contributed by atoms with Gasteiger partial charge in [-0.25, -0.2) is 0 Å². The molecule has 0 saturated heterocycles. The normalized spacial score (nSPS) is 14.8. The number of nitrogens with one attached hydrogen (secondary N) is 1. The van der Waals surface area contributed by atoms with Crippen LogP contribution in [0.15, 0.2) is 42.5 Å². The van der Waals surface area contributed by atoms with Gasteiger partial charge in [0.25, 0.3) is 0 Å². The summed E-state index contributed by atoms with van der Waals surface area (Å²) in [5, 5.41) is 5.12. The maximum absolute atomic E-state index is 6.20. The molecule has 2 nitrogen and oxygen atoms in total. The zero-order valence-electron chi connectivity index (χ0n) is 14.1. The van der Waals surface area contributed by atoms with Crippen molar-refractivity contribution in [1.82, 2.24) is 5.32 Å². The molecule has 0 aliphatic heterocycles. The van der Waals surface area contributed by atoms with E-state index in [-0.39, 0.29) is 12.4 Å². The number of ether oxygens (including phenoxy) is 1. The highest BCUT2D eigenvalue weighted by atomic mass is 35.5. The molecule has 0 heterocycles. The van der Waals surface area contributed by atoms with Crippen molar-refractivity contribution >= 4 is 35.6 Å². The lowest BCUT2D eigenvalue weighted by Gasteiger charge is -2.23. The van der Waals surface area contributed by atoms with Gasteiger partial charge in [0.05, 0.1) is 0 Å². The second-order valence-electron chi connectivity index (χ2n) is 6.35. The molecule has 0 radical (unpaired) electrons. The summed E-state index contributed by atoms with van der Waals surface area (Å²) >= 11 is 12.4. The SMILES string of the molecule is Cl.Clc1ccc(OCc2ccccc2Cl)c(CNC2CCCCC2)c1. The van der Waals surface area contributed by atoms with Crippen molar-refractivity contribution in [3.05, 3.63) is 63.6 Å². The van der Waals surface area contributed by atoms with Crippen LogP contribution in [0, 0.1) is 0 Å². The lowest BCUT2D eigenvalue weighted by molar-refractivity contribution is 0.300. The summed E-state index contributed by atoms with van der Waals surface area (Å²) in [6.07, 6.45) is 6.53. The fourth-order valence-electron chi connectivity index (χ4n) is 3.16. The van der Waals surface area contributed by atoms with Gasteiger partial charge in [-0.3, -0.25) is 0 Å². The van der Waals surface area contributed by atoms with Gasteiger partial charge in [-0.1, -0.05) is 60.7 Å². The molecule has 0 spiro atoms. The van der Waals surface area contributed by atoms with Crippen molar-refractivity contribution in [2.24, 2.45) is 0 Å². The molecule has 0 atom stereocenters. The molecule has 0 bridgehead atoms. The van der Waals surface area contributed by atoms with E-state index in [4.69, 9.17) is 27.9 Å². The molecule has 2 aromatic carbocycles. The molecule has 1 N–H and O–H groups in total. The van der Waals surface area contributed by atoms with Crippen LogP contribution >= 0.6 is 35.6 Å². The summed E-state index contributed by atoms with van der Waals surface area (Å²) in [4.78, 5) is 0. The Balaban J connectivity index is 0.00000225. The molecule has 5 heteroatoms. The van der Waals surface area contributed by atoms with Crippen LogP contribution in [0.25, 0.3) is 0 Å². The lowest BCUT2D eigenvalue weighted by atomic mass is 9.95. The highest BCUT2D eigenvalue weighted by Gasteiger charge is 2.14. The van der Waals surface area contributed by atoms with Crippen LogP contribution in [0.5, 0.6) is 5.75 Å². The zero-order chi connectivity index (χ0) is 16.8. The fraction of sp³-hybridized carbons (Fsp3) is 0.400. The second-order valence-corrected chi connectivity index (χ2v) is 7.19. The first-order chi connectivity index (χ1) is 11.7. The van der Waals surface area contributed by atoms with E-state index in [9.17, 15) is 0 Å². The molecule has 2 aromatic rings. The van der Waals surface area contributed by atoms with Gasteiger partial charge in [0.2, 0.25) is 0 Å². The Morgan fingerprint density at radius 3 is 2.48 bits per heavy atom. The Labute approximate surface area is 166 Å². The van der Waals surface area contributed by atoms with Crippen LogP contribution in [0.3, 0.4) is 0 Å². The maximum atomic E-state index is 6.20. The van der Waals surface area contributed by atoms with Crippen molar-refractivity contribution in [3.8, 4) is 5.75 Å². The van der Waals surface area contributed by atoms with E-state index in [1.54, 1.807) is 0 Å². The first kappa shape index (κ1) is 20.4. The first-order valence-electron chi connectivity index (χ1n) is 8.60. The van der Waals surface area contributed by atoms with Crippen LogP contribution in [-0.4, -0.2) is 6.04 Å². The van der Waals surface area contributed by atoms with Crippen LogP contribution < -0.4 is 10.1 Å². The summed E-state index contributed by atoms with van der Waals surface area (Å²) < 4.78 is 6.02. The predicted octanol–water partition coefficient (Wildman–Crippen LogP) is 6.42. The smallest absolute Gasteiger partial charge is 0.124 e. The summed E-state index contributed by atoms with van der Waals surface area (Å²) in [7, 11) is 0. The van der Waals surface area contributed by atoms with E-state index >= 15 is 0 Å². The standard InChI is InChI=1S/C20H23Cl2NO.ClH/c21-17-10-11-20(24-14-15-6-4-5-9-19(15)22)16(12-17)13-23-18-7-2-1-3-8-18;/h4-6,9-12,18,23H,1-3,7-8,13-14H2;1H. The maximum Gasteiger partial charge on any atom is 0.124 e. The zero-order valence-corrected chi connectivity index (χ0v) is 16.5. The molecule has 0 unspecified atom stereocenters. The van der Waals surface area contributed by atoms with Gasteiger partial charge >= 0.3 is 0 Å². The number of rotatable bonds is 6. The lowest BCUT2D eigenvalue weighted by Crippen LogP contribution is -2.30. The van der Waals surface area contributed by atoms with E-state index in [0.29, 0.717) is 12.6 Å². The second kappa shape index (κ2) is 10.3. The quantitative estimate of drug-likeness (QED) is 0.604. The van der Waals surface area contributed by atoms with Gasteiger partial charge < -0.3 is 10.1 Å². The van der Waals surface area contributed by atoms with Crippen molar-refractivity contribution in [3.63, 3.8) is 0 Å². The third-order valence-electron chi connectivity index (χ3n) is 4.55. The summed E-state index contributed by atoms with van der Waals surface area (Å²) in [6, 6.07) is 14.2. The molecule has 25 heavy (non-hydrogen) atoms. The third kappa shape index (κ3) is 6.07. The van der Waals surface area contributed by atoms with Gasteiger partial charge in [0, 0.05) is 33.8 Å². The molecule has 1 aliphatic carbocycles. The average molecular weight is 401 g/mol. The molecule has 1 aliphatic rings. The molecule has 1 fully saturated rings. The Morgan fingerprint density at radius 2 is 1.72 bits per heavy atom. The number of hydrogen-bond donors (Lipinski definition) is 1. The van der Waals surface area contributed by atoms with E-state index < -0.39 is 0 Å². The Morgan fingerprint density at radius 1 is 0.960 bits per heavy atom. The first-order valence-corrected chi connectivity index (χ1v) is 9.36.